The van der Waals surface area contributed by atoms with E-state index in [-0.39, 0.29) is 12.0 Å². The first-order valence-electron chi connectivity index (χ1n) is 8.73. The molecule has 1 amide bonds. The van der Waals surface area contributed by atoms with E-state index >= 15 is 0 Å². The van der Waals surface area contributed by atoms with Gasteiger partial charge in [-0.15, -0.1) is 0 Å². The van der Waals surface area contributed by atoms with Crippen LogP contribution in [0.5, 0.6) is 0 Å². The van der Waals surface area contributed by atoms with Crippen LogP contribution in [0.1, 0.15) is 22.2 Å². The lowest BCUT2D eigenvalue weighted by Crippen LogP contribution is -2.42. The number of rotatable bonds is 3. The average molecular weight is 380 g/mol. The fourth-order valence-corrected chi connectivity index (χ4v) is 3.31. The molecular weight excluding hydrogens is 362 g/mol. The molecule has 3 aromatic rings. The zero-order valence-electron chi connectivity index (χ0n) is 14.6. The summed E-state index contributed by atoms with van der Waals surface area (Å²) in [4.78, 5) is 23.0. The van der Waals surface area contributed by atoms with Crippen LogP contribution in [0.2, 0.25) is 5.02 Å². The van der Waals surface area contributed by atoms with Crippen molar-refractivity contribution in [2.45, 2.75) is 6.10 Å². The van der Waals surface area contributed by atoms with Crippen LogP contribution in [0.3, 0.4) is 0 Å². The first-order valence-corrected chi connectivity index (χ1v) is 9.11. The molecule has 4 rings (SSSR count). The van der Waals surface area contributed by atoms with Gasteiger partial charge in [-0.3, -0.25) is 14.8 Å². The van der Waals surface area contributed by atoms with E-state index in [9.17, 15) is 4.79 Å². The Bertz CT molecular complexity index is 932. The summed E-state index contributed by atoms with van der Waals surface area (Å²) in [5.41, 5.74) is 3.40. The highest BCUT2D eigenvalue weighted by Gasteiger charge is 2.27. The molecule has 1 aliphatic heterocycles. The van der Waals surface area contributed by atoms with Crippen LogP contribution in [0.25, 0.3) is 11.1 Å². The molecule has 1 aliphatic rings. The van der Waals surface area contributed by atoms with E-state index in [0.717, 1.165) is 16.8 Å². The molecule has 1 fully saturated rings. The maximum Gasteiger partial charge on any atom is 0.255 e. The van der Waals surface area contributed by atoms with E-state index in [1.54, 1.807) is 29.4 Å². The van der Waals surface area contributed by atoms with Gasteiger partial charge in [0.2, 0.25) is 0 Å². The Morgan fingerprint density at radius 2 is 2.04 bits per heavy atom. The van der Waals surface area contributed by atoms with E-state index in [4.69, 9.17) is 16.3 Å². The van der Waals surface area contributed by atoms with Gasteiger partial charge in [0, 0.05) is 35.7 Å². The van der Waals surface area contributed by atoms with E-state index < -0.39 is 0 Å². The summed E-state index contributed by atoms with van der Waals surface area (Å²) < 4.78 is 5.85. The molecule has 2 aromatic heterocycles. The van der Waals surface area contributed by atoms with Gasteiger partial charge in [-0.05, 0) is 35.9 Å². The van der Waals surface area contributed by atoms with Crippen molar-refractivity contribution in [3.05, 3.63) is 83.4 Å². The van der Waals surface area contributed by atoms with Crippen LogP contribution in [-0.4, -0.2) is 40.5 Å². The van der Waals surface area contributed by atoms with Crippen LogP contribution in [0.15, 0.2) is 67.1 Å². The van der Waals surface area contributed by atoms with Gasteiger partial charge in [0.25, 0.3) is 5.91 Å². The minimum absolute atomic E-state index is 0.0352. The molecule has 1 atom stereocenters. The topological polar surface area (TPSA) is 55.3 Å². The van der Waals surface area contributed by atoms with Gasteiger partial charge < -0.3 is 9.64 Å². The summed E-state index contributed by atoms with van der Waals surface area (Å²) in [7, 11) is 0. The highest BCUT2D eigenvalue weighted by atomic mass is 35.5. The van der Waals surface area contributed by atoms with Crippen LogP contribution in [0.4, 0.5) is 0 Å². The number of pyridine rings is 2. The first-order chi connectivity index (χ1) is 13.2. The number of nitrogens with zero attached hydrogens (tertiary/aromatic N) is 3. The van der Waals surface area contributed by atoms with E-state index in [0.29, 0.717) is 30.3 Å². The molecule has 6 heteroatoms. The van der Waals surface area contributed by atoms with Gasteiger partial charge in [-0.2, -0.15) is 0 Å². The molecule has 5 nitrogen and oxygen atoms in total. The molecule has 0 aliphatic carbocycles. The lowest BCUT2D eigenvalue weighted by Gasteiger charge is -2.32. The third-order valence-electron chi connectivity index (χ3n) is 4.54. The predicted octanol–water partition coefficient (Wildman–Crippen LogP) is 4.01. The SMILES string of the molecule is O=C(c1cccnc1)N1CCO[C@H](c2ccc(-c3cccc(Cl)c3)cn2)C1. The van der Waals surface area contributed by atoms with Crippen molar-refractivity contribution in [1.82, 2.24) is 14.9 Å². The minimum Gasteiger partial charge on any atom is -0.368 e. The highest BCUT2D eigenvalue weighted by molar-refractivity contribution is 6.30. The van der Waals surface area contributed by atoms with E-state index in [1.165, 1.54) is 0 Å². The number of carbonyl (C=O) groups excluding carboxylic acids is 1. The molecule has 0 N–H and O–H groups in total. The second kappa shape index (κ2) is 7.86. The molecule has 3 heterocycles. The lowest BCUT2D eigenvalue weighted by molar-refractivity contribution is -0.0247. The molecule has 27 heavy (non-hydrogen) atoms. The molecule has 1 aromatic carbocycles. The van der Waals surface area contributed by atoms with Gasteiger partial charge in [0.05, 0.1) is 24.4 Å². The number of carbonyl (C=O) groups is 1. The Morgan fingerprint density at radius 1 is 1.11 bits per heavy atom. The standard InChI is InChI=1S/C21H18ClN3O2/c22-18-5-1-3-15(11-18)16-6-7-19(24-13-16)20-14-25(9-10-27-20)21(26)17-4-2-8-23-12-17/h1-8,11-13,20H,9-10,14H2/t20-/m0/s1. The molecule has 0 spiro atoms. The van der Waals surface area contributed by atoms with Crippen LogP contribution in [-0.2, 0) is 4.74 Å². The largest absolute Gasteiger partial charge is 0.368 e. The Morgan fingerprint density at radius 3 is 2.78 bits per heavy atom. The third kappa shape index (κ3) is 3.99. The molecule has 0 unspecified atom stereocenters. The molecule has 0 bridgehead atoms. The summed E-state index contributed by atoms with van der Waals surface area (Å²) >= 11 is 6.06. The number of aromatic nitrogens is 2. The van der Waals surface area contributed by atoms with Crippen molar-refractivity contribution in [3.8, 4) is 11.1 Å². The Balaban J connectivity index is 1.49. The zero-order valence-corrected chi connectivity index (χ0v) is 15.3. The summed E-state index contributed by atoms with van der Waals surface area (Å²) in [5.74, 6) is -0.0352. The summed E-state index contributed by atoms with van der Waals surface area (Å²) in [6.07, 6.45) is 4.81. The summed E-state index contributed by atoms with van der Waals surface area (Å²) in [6.45, 7) is 1.51. The smallest absolute Gasteiger partial charge is 0.255 e. The van der Waals surface area contributed by atoms with Gasteiger partial charge in [0.15, 0.2) is 0 Å². The maximum atomic E-state index is 12.6. The third-order valence-corrected chi connectivity index (χ3v) is 4.77. The second-order valence-electron chi connectivity index (χ2n) is 6.33. The molecule has 0 saturated carbocycles. The summed E-state index contributed by atoms with van der Waals surface area (Å²) in [5, 5.41) is 0.691. The number of halogens is 1. The molecule has 0 radical (unpaired) electrons. The normalized spacial score (nSPS) is 16.9. The first kappa shape index (κ1) is 17.6. The number of ether oxygens (including phenoxy) is 1. The van der Waals surface area contributed by atoms with Crippen molar-refractivity contribution < 1.29 is 9.53 Å². The molecule has 136 valence electrons. The Labute approximate surface area is 162 Å². The number of hydrogen-bond donors (Lipinski definition) is 0. The fourth-order valence-electron chi connectivity index (χ4n) is 3.12. The van der Waals surface area contributed by atoms with Crippen molar-refractivity contribution in [1.29, 1.82) is 0 Å². The number of hydrogen-bond acceptors (Lipinski definition) is 4. The minimum atomic E-state index is -0.243. The molecule has 1 saturated heterocycles. The maximum absolute atomic E-state index is 12.6. The van der Waals surface area contributed by atoms with Crippen LogP contribution < -0.4 is 0 Å². The van der Waals surface area contributed by atoms with Crippen LogP contribution >= 0.6 is 11.6 Å². The quantitative estimate of drug-likeness (QED) is 0.690. The highest BCUT2D eigenvalue weighted by Crippen LogP contribution is 2.26. The Hall–Kier alpha value is -2.76. The number of benzene rings is 1. The lowest BCUT2D eigenvalue weighted by atomic mass is 10.1. The van der Waals surface area contributed by atoms with Crippen molar-refractivity contribution >= 4 is 17.5 Å². The monoisotopic (exact) mass is 379 g/mol. The van der Waals surface area contributed by atoms with E-state index in [2.05, 4.69) is 9.97 Å². The fraction of sp³-hybridized carbons (Fsp3) is 0.190. The van der Waals surface area contributed by atoms with Gasteiger partial charge in [-0.1, -0.05) is 29.8 Å². The number of amides is 1. The average Bonchev–Trinajstić information content (AvgIpc) is 2.74. The zero-order chi connectivity index (χ0) is 18.6. The van der Waals surface area contributed by atoms with Crippen LogP contribution in [0, 0.1) is 0 Å². The second-order valence-corrected chi connectivity index (χ2v) is 6.77. The van der Waals surface area contributed by atoms with Gasteiger partial charge in [-0.25, -0.2) is 0 Å². The van der Waals surface area contributed by atoms with E-state index in [1.807, 2.05) is 42.6 Å². The van der Waals surface area contributed by atoms with Gasteiger partial charge in [0.1, 0.15) is 6.10 Å². The van der Waals surface area contributed by atoms with Crippen molar-refractivity contribution in [2.24, 2.45) is 0 Å². The summed E-state index contributed by atoms with van der Waals surface area (Å²) in [6, 6.07) is 15.1. The predicted molar refractivity (Wildman–Crippen MR) is 104 cm³/mol. The number of morpholine rings is 1. The van der Waals surface area contributed by atoms with Crippen molar-refractivity contribution in [3.63, 3.8) is 0 Å². The van der Waals surface area contributed by atoms with Gasteiger partial charge >= 0.3 is 0 Å². The Kier molecular flexibility index (Phi) is 5.14. The molecular formula is C21H18ClN3O2. The van der Waals surface area contributed by atoms with Crippen molar-refractivity contribution in [2.75, 3.05) is 19.7 Å².